The van der Waals surface area contributed by atoms with Gasteiger partial charge in [0.1, 0.15) is 5.76 Å². The van der Waals surface area contributed by atoms with Crippen molar-refractivity contribution in [1.29, 1.82) is 0 Å². The molecule has 14 nitrogen and oxygen atoms in total. The van der Waals surface area contributed by atoms with Gasteiger partial charge in [-0.3, -0.25) is 43.7 Å². The summed E-state index contributed by atoms with van der Waals surface area (Å²) < 4.78 is 6.04. The molecule has 250 valence electrons. The largest absolute Gasteiger partial charge is 0.494 e. The van der Waals surface area contributed by atoms with Crippen molar-refractivity contribution in [3.63, 3.8) is 0 Å². The zero-order valence-corrected chi connectivity index (χ0v) is 26.4. The van der Waals surface area contributed by atoms with Gasteiger partial charge in [-0.25, -0.2) is 0 Å². The van der Waals surface area contributed by atoms with Crippen LogP contribution in [0.1, 0.15) is 52.4 Å². The number of carboxylic acid groups (broad SMARTS) is 3. The number of hydrogen-bond donors (Lipinski definition) is 4. The predicted molar refractivity (Wildman–Crippen MR) is 165 cm³/mol. The lowest BCUT2D eigenvalue weighted by atomic mass is 10.0. The Hall–Kier alpha value is -3.04. The molecule has 1 amide bonds. The van der Waals surface area contributed by atoms with Crippen LogP contribution >= 0.6 is 0 Å². The van der Waals surface area contributed by atoms with E-state index in [-0.39, 0.29) is 58.6 Å². The standard InChI is InChI=1S/C30H52N6O8/c1-4-26(24(2)25(3)36-12-8-6-9-13-36)44-16-10-5-7-11-31-27(37)17-32-14-15-33(18-28(38)39)22-35(20-30(42)43)23-34(21-32)19-29(40)41/h4,25H,1,5-23H2,2-3H3,(H,31,37)(H,38,39)(H,40,41)(H,42,43)/t25-/m0/s1. The van der Waals surface area contributed by atoms with Gasteiger partial charge in [-0.05, 0) is 70.7 Å². The van der Waals surface area contributed by atoms with Crippen LogP contribution < -0.4 is 5.32 Å². The predicted octanol–water partition coefficient (Wildman–Crippen LogP) is 0.972. The molecule has 0 aromatic rings. The second kappa shape index (κ2) is 20.1. The number of likely N-dealkylation sites (tertiary alicyclic amines) is 1. The number of hydrogen-bond acceptors (Lipinski definition) is 10. The number of nitrogens with zero attached hydrogens (tertiary/aromatic N) is 5. The Balaban J connectivity index is 1.81. The number of aliphatic carboxylic acids is 3. The van der Waals surface area contributed by atoms with Gasteiger partial charge in [-0.1, -0.05) is 13.0 Å². The molecule has 2 rings (SSSR count). The average molecular weight is 625 g/mol. The highest BCUT2D eigenvalue weighted by molar-refractivity contribution is 5.78. The first kappa shape index (κ1) is 37.1. The van der Waals surface area contributed by atoms with Crippen molar-refractivity contribution in [3.05, 3.63) is 24.0 Å². The summed E-state index contributed by atoms with van der Waals surface area (Å²) in [5.74, 6) is -2.63. The molecule has 0 saturated carbocycles. The second-order valence-corrected chi connectivity index (χ2v) is 11.7. The van der Waals surface area contributed by atoms with Crippen LogP contribution in [0.15, 0.2) is 24.0 Å². The topological polar surface area (TPSA) is 166 Å². The van der Waals surface area contributed by atoms with Gasteiger partial charge in [0, 0.05) is 25.7 Å². The molecule has 14 heteroatoms. The Kier molecular flexibility index (Phi) is 17.0. The summed E-state index contributed by atoms with van der Waals surface area (Å²) in [6, 6.07) is 0.316. The molecular weight excluding hydrogens is 572 g/mol. The number of carbonyl (C=O) groups excluding carboxylic acids is 1. The Labute approximate surface area is 260 Å². The number of carbonyl (C=O) groups is 4. The van der Waals surface area contributed by atoms with E-state index in [1.807, 2.05) is 0 Å². The molecule has 0 aromatic heterocycles. The number of rotatable bonds is 18. The minimum Gasteiger partial charge on any atom is -0.494 e. The first-order valence-corrected chi connectivity index (χ1v) is 15.5. The summed E-state index contributed by atoms with van der Waals surface area (Å²) >= 11 is 0. The minimum atomic E-state index is -1.10. The number of ether oxygens (including phenoxy) is 1. The lowest BCUT2D eigenvalue weighted by Gasteiger charge is -2.33. The number of allylic oxidation sites excluding steroid dienone is 1. The molecule has 2 aliphatic rings. The van der Waals surface area contributed by atoms with E-state index in [1.165, 1.54) is 34.6 Å². The fraction of sp³-hybridized carbons (Fsp3) is 0.733. The summed E-state index contributed by atoms with van der Waals surface area (Å²) in [4.78, 5) is 55.8. The highest BCUT2D eigenvalue weighted by atomic mass is 16.5. The lowest BCUT2D eigenvalue weighted by Crippen LogP contribution is -2.49. The van der Waals surface area contributed by atoms with Gasteiger partial charge < -0.3 is 25.4 Å². The van der Waals surface area contributed by atoms with Crippen molar-refractivity contribution in [2.75, 3.05) is 85.5 Å². The van der Waals surface area contributed by atoms with E-state index in [9.17, 15) is 34.5 Å². The van der Waals surface area contributed by atoms with Crippen molar-refractivity contribution in [1.82, 2.24) is 29.8 Å². The highest BCUT2D eigenvalue weighted by Gasteiger charge is 2.26. The third-order valence-corrected chi connectivity index (χ3v) is 7.92. The second-order valence-electron chi connectivity index (χ2n) is 11.7. The van der Waals surface area contributed by atoms with Gasteiger partial charge in [-0.2, -0.15) is 0 Å². The number of nitrogens with one attached hydrogen (secondary N) is 1. The van der Waals surface area contributed by atoms with E-state index in [2.05, 4.69) is 30.6 Å². The minimum absolute atomic E-state index is 0.00103. The van der Waals surface area contributed by atoms with E-state index in [4.69, 9.17) is 4.74 Å². The number of carboxylic acids is 3. The summed E-state index contributed by atoms with van der Waals surface area (Å²) in [6.45, 7) is 11.2. The van der Waals surface area contributed by atoms with Gasteiger partial charge >= 0.3 is 17.9 Å². The Bertz CT molecular complexity index is 987. The third kappa shape index (κ3) is 14.6. The van der Waals surface area contributed by atoms with Gasteiger partial charge in [0.05, 0.1) is 52.8 Å². The van der Waals surface area contributed by atoms with Gasteiger partial charge in [0.2, 0.25) is 5.91 Å². The van der Waals surface area contributed by atoms with Crippen LogP contribution in [0.5, 0.6) is 0 Å². The molecule has 1 atom stereocenters. The monoisotopic (exact) mass is 624 g/mol. The van der Waals surface area contributed by atoms with Crippen LogP contribution in [0.4, 0.5) is 0 Å². The molecule has 2 fully saturated rings. The highest BCUT2D eigenvalue weighted by Crippen LogP contribution is 2.20. The van der Waals surface area contributed by atoms with Gasteiger partial charge in [0.25, 0.3) is 0 Å². The van der Waals surface area contributed by atoms with Crippen LogP contribution in [0.2, 0.25) is 0 Å². The summed E-state index contributed by atoms with van der Waals surface area (Å²) in [6.07, 6.45) is 8.02. The lowest BCUT2D eigenvalue weighted by molar-refractivity contribution is -0.141. The smallest absolute Gasteiger partial charge is 0.317 e. The molecule has 2 saturated heterocycles. The van der Waals surface area contributed by atoms with Crippen molar-refractivity contribution >= 4 is 23.8 Å². The normalized spacial score (nSPS) is 19.6. The van der Waals surface area contributed by atoms with Crippen molar-refractivity contribution < 1.29 is 39.2 Å². The zero-order chi connectivity index (χ0) is 32.5. The van der Waals surface area contributed by atoms with Crippen LogP contribution in [0.3, 0.4) is 0 Å². The molecule has 0 aliphatic carbocycles. The maximum absolute atomic E-state index is 12.8. The van der Waals surface area contributed by atoms with Crippen LogP contribution in [-0.4, -0.2) is 155 Å². The fourth-order valence-corrected chi connectivity index (χ4v) is 5.59. The van der Waals surface area contributed by atoms with E-state index in [0.717, 1.165) is 38.1 Å². The molecule has 44 heavy (non-hydrogen) atoms. The summed E-state index contributed by atoms with van der Waals surface area (Å²) in [7, 11) is 0. The van der Waals surface area contributed by atoms with Gasteiger partial charge in [-0.15, -0.1) is 0 Å². The molecule has 0 bridgehead atoms. The van der Waals surface area contributed by atoms with Crippen LogP contribution in [0, 0.1) is 0 Å². The molecule has 2 heterocycles. The Morgan fingerprint density at radius 3 is 1.84 bits per heavy atom. The number of piperidine rings is 1. The molecule has 0 radical (unpaired) electrons. The van der Waals surface area contributed by atoms with E-state index in [0.29, 0.717) is 25.7 Å². The van der Waals surface area contributed by atoms with Gasteiger partial charge in [0.15, 0.2) is 0 Å². The van der Waals surface area contributed by atoms with Crippen LogP contribution in [-0.2, 0) is 23.9 Å². The first-order valence-electron chi connectivity index (χ1n) is 15.5. The summed E-state index contributed by atoms with van der Waals surface area (Å²) in [5, 5.41) is 30.9. The van der Waals surface area contributed by atoms with Crippen molar-refractivity contribution in [3.8, 4) is 0 Å². The Morgan fingerprint density at radius 2 is 1.30 bits per heavy atom. The molecule has 4 N–H and O–H groups in total. The Morgan fingerprint density at radius 1 is 0.773 bits per heavy atom. The SMILES string of the molecule is C=CC(OCCCCCNC(=O)CN1CCN(CC(=O)O)CN(CC(=O)O)CN(CC(=O)O)C1)=C(C)[C@H](C)N1CCCCC1. The molecular formula is C30H52N6O8. The van der Waals surface area contributed by atoms with Crippen molar-refractivity contribution in [2.45, 2.75) is 58.4 Å². The molecule has 0 unspecified atom stereocenters. The van der Waals surface area contributed by atoms with Crippen molar-refractivity contribution in [2.24, 2.45) is 0 Å². The zero-order valence-electron chi connectivity index (χ0n) is 26.4. The maximum Gasteiger partial charge on any atom is 0.317 e. The third-order valence-electron chi connectivity index (χ3n) is 7.92. The average Bonchev–Trinajstić information content (AvgIpc) is 3.02. The molecule has 0 spiro atoms. The molecule has 0 aromatic carbocycles. The van der Waals surface area contributed by atoms with Crippen LogP contribution in [0.25, 0.3) is 0 Å². The fourth-order valence-electron chi connectivity index (χ4n) is 5.59. The number of amides is 1. The summed E-state index contributed by atoms with van der Waals surface area (Å²) in [5.41, 5.74) is 1.19. The van der Waals surface area contributed by atoms with E-state index >= 15 is 0 Å². The number of unbranched alkanes of at least 4 members (excludes halogenated alkanes) is 2. The maximum atomic E-state index is 12.8. The van der Waals surface area contributed by atoms with E-state index < -0.39 is 17.9 Å². The van der Waals surface area contributed by atoms with E-state index in [1.54, 1.807) is 15.9 Å². The quantitative estimate of drug-likeness (QED) is 0.0969. The molecule has 2 aliphatic heterocycles. The first-order chi connectivity index (χ1) is 21.0.